The smallest absolute Gasteiger partial charge is 0.310 e. The molecule has 116 valence electrons. The number of carbonyl (C=O) groups excluding carboxylic acids is 2. The lowest BCUT2D eigenvalue weighted by molar-refractivity contribution is -0.145. The topological polar surface area (TPSA) is 55.4 Å². The second kappa shape index (κ2) is 4.82. The number of ether oxygens (including phenoxy) is 1. The molecule has 0 aromatic heterocycles. The summed E-state index contributed by atoms with van der Waals surface area (Å²) >= 11 is 3.63. The molecule has 0 unspecified atom stereocenters. The predicted octanol–water partition coefficient (Wildman–Crippen LogP) is 2.81. The molecule has 0 radical (unpaired) electrons. The SMILES string of the molecule is Cc1ccc(NC(=O)[C@@H]2[C@H]3C[C@H]4[C@H](OC(=O)[C@H]42)[C@H]3Br)cc1C. The van der Waals surface area contributed by atoms with Crippen molar-refractivity contribution >= 4 is 33.5 Å². The predicted molar refractivity (Wildman–Crippen MR) is 85.7 cm³/mol. The van der Waals surface area contributed by atoms with Gasteiger partial charge in [-0.05, 0) is 49.4 Å². The summed E-state index contributed by atoms with van der Waals surface area (Å²) in [6.07, 6.45) is 0.871. The number of halogens is 1. The van der Waals surface area contributed by atoms with Gasteiger partial charge in [-0.2, -0.15) is 0 Å². The Morgan fingerprint density at radius 2 is 2.05 bits per heavy atom. The fraction of sp³-hybridized carbons (Fsp3) is 0.529. The number of amides is 1. The van der Waals surface area contributed by atoms with Crippen molar-refractivity contribution in [3.63, 3.8) is 0 Å². The van der Waals surface area contributed by atoms with Gasteiger partial charge in [-0.25, -0.2) is 0 Å². The van der Waals surface area contributed by atoms with E-state index in [9.17, 15) is 9.59 Å². The highest BCUT2D eigenvalue weighted by Crippen LogP contribution is 2.60. The Morgan fingerprint density at radius 1 is 1.27 bits per heavy atom. The number of hydrogen-bond donors (Lipinski definition) is 1. The second-order valence-electron chi connectivity index (χ2n) is 6.75. The standard InChI is InChI=1S/C17H18BrNO3/c1-7-3-4-9(5-8(7)2)19-16(20)12-10-6-11-13(12)17(21)22-15(11)14(10)18/h3-5,10-15H,6H2,1-2H3,(H,19,20)/t10-,11-,12-,13-,14+,15+/m1/s1. The lowest BCUT2D eigenvalue weighted by Crippen LogP contribution is -2.40. The third-order valence-corrected chi connectivity index (χ3v) is 6.80. The molecular weight excluding hydrogens is 346 g/mol. The fourth-order valence-electron chi connectivity index (χ4n) is 4.38. The second-order valence-corrected chi connectivity index (χ2v) is 7.81. The molecule has 1 aliphatic heterocycles. The van der Waals surface area contributed by atoms with E-state index in [-0.39, 0.29) is 46.5 Å². The number of rotatable bonds is 2. The van der Waals surface area contributed by atoms with Gasteiger partial charge in [0.2, 0.25) is 5.91 Å². The summed E-state index contributed by atoms with van der Waals surface area (Å²) in [5.74, 6) is -0.379. The Balaban J connectivity index is 1.58. The van der Waals surface area contributed by atoms with Crippen molar-refractivity contribution in [1.82, 2.24) is 0 Å². The zero-order valence-corrected chi connectivity index (χ0v) is 14.1. The molecule has 4 nitrogen and oxygen atoms in total. The summed E-state index contributed by atoms with van der Waals surface area (Å²) in [6.45, 7) is 4.07. The van der Waals surface area contributed by atoms with Gasteiger partial charge in [0.25, 0.3) is 0 Å². The summed E-state index contributed by atoms with van der Waals surface area (Å²) in [4.78, 5) is 24.9. The Kier molecular flexibility index (Phi) is 3.12. The molecule has 1 heterocycles. The van der Waals surface area contributed by atoms with Gasteiger partial charge in [0.1, 0.15) is 6.10 Å². The third kappa shape index (κ3) is 1.87. The number of benzene rings is 1. The van der Waals surface area contributed by atoms with Crippen molar-refractivity contribution in [1.29, 1.82) is 0 Å². The lowest BCUT2D eigenvalue weighted by atomic mass is 9.79. The van der Waals surface area contributed by atoms with Crippen LogP contribution < -0.4 is 5.32 Å². The van der Waals surface area contributed by atoms with Crippen LogP contribution in [-0.4, -0.2) is 22.8 Å². The number of nitrogens with one attached hydrogen (secondary N) is 1. The highest BCUT2D eigenvalue weighted by atomic mass is 79.9. The van der Waals surface area contributed by atoms with E-state index < -0.39 is 0 Å². The summed E-state index contributed by atoms with van der Waals surface area (Å²) in [5.41, 5.74) is 3.13. The zero-order chi connectivity index (χ0) is 15.6. The minimum atomic E-state index is -0.276. The highest BCUT2D eigenvalue weighted by molar-refractivity contribution is 9.09. The summed E-state index contributed by atoms with van der Waals surface area (Å²) in [5, 5.41) is 2.99. The molecule has 2 aliphatic carbocycles. The minimum absolute atomic E-state index is 0.0341. The summed E-state index contributed by atoms with van der Waals surface area (Å²) in [7, 11) is 0. The van der Waals surface area contributed by atoms with Crippen LogP contribution >= 0.6 is 15.9 Å². The normalized spacial score (nSPS) is 38.2. The first-order chi connectivity index (χ1) is 10.5. The Bertz CT molecular complexity index is 674. The molecule has 2 saturated carbocycles. The average Bonchev–Trinajstić information content (AvgIpc) is 3.07. The molecule has 22 heavy (non-hydrogen) atoms. The quantitative estimate of drug-likeness (QED) is 0.649. The monoisotopic (exact) mass is 363 g/mol. The molecule has 1 amide bonds. The van der Waals surface area contributed by atoms with Crippen molar-refractivity contribution in [2.75, 3.05) is 5.32 Å². The first kappa shape index (κ1) is 14.2. The van der Waals surface area contributed by atoms with Gasteiger partial charge >= 0.3 is 5.97 Å². The van der Waals surface area contributed by atoms with Crippen LogP contribution in [-0.2, 0) is 14.3 Å². The molecule has 5 heteroatoms. The molecule has 4 rings (SSSR count). The van der Waals surface area contributed by atoms with E-state index in [1.165, 1.54) is 5.56 Å². The Morgan fingerprint density at radius 3 is 2.77 bits per heavy atom. The number of hydrogen-bond acceptors (Lipinski definition) is 3. The number of esters is 1. The van der Waals surface area contributed by atoms with E-state index in [2.05, 4.69) is 21.2 Å². The van der Waals surface area contributed by atoms with Gasteiger partial charge in [-0.3, -0.25) is 9.59 Å². The van der Waals surface area contributed by atoms with E-state index in [4.69, 9.17) is 4.74 Å². The molecule has 1 aromatic carbocycles. The van der Waals surface area contributed by atoms with E-state index >= 15 is 0 Å². The zero-order valence-electron chi connectivity index (χ0n) is 12.5. The van der Waals surface area contributed by atoms with Crippen molar-refractivity contribution in [3.05, 3.63) is 29.3 Å². The molecule has 0 spiro atoms. The lowest BCUT2D eigenvalue weighted by Gasteiger charge is -2.27. The molecule has 2 bridgehead atoms. The van der Waals surface area contributed by atoms with Gasteiger partial charge in [-0.1, -0.05) is 22.0 Å². The van der Waals surface area contributed by atoms with Crippen molar-refractivity contribution in [3.8, 4) is 0 Å². The number of alkyl halides is 1. The molecule has 1 N–H and O–H groups in total. The fourth-order valence-corrected chi connectivity index (χ4v) is 5.42. The van der Waals surface area contributed by atoms with Gasteiger partial charge in [0.15, 0.2) is 0 Å². The summed E-state index contributed by atoms with van der Waals surface area (Å²) < 4.78 is 5.45. The third-order valence-electron chi connectivity index (χ3n) is 5.60. The van der Waals surface area contributed by atoms with Crippen LogP contribution in [0.4, 0.5) is 5.69 Å². The molecular formula is C17H18BrNO3. The summed E-state index contributed by atoms with van der Waals surface area (Å²) in [6, 6.07) is 5.88. The maximum Gasteiger partial charge on any atom is 0.310 e. The number of aryl methyl sites for hydroxylation is 2. The van der Waals surface area contributed by atoms with Crippen LogP contribution in [0.1, 0.15) is 17.5 Å². The van der Waals surface area contributed by atoms with Crippen molar-refractivity contribution < 1.29 is 14.3 Å². The van der Waals surface area contributed by atoms with Crippen LogP contribution in [0.25, 0.3) is 0 Å². The largest absolute Gasteiger partial charge is 0.461 e. The van der Waals surface area contributed by atoms with Crippen LogP contribution in [0, 0.1) is 37.5 Å². The van der Waals surface area contributed by atoms with Gasteiger partial charge < -0.3 is 10.1 Å². The van der Waals surface area contributed by atoms with Gasteiger partial charge in [0, 0.05) is 11.6 Å². The first-order valence-corrected chi connectivity index (χ1v) is 8.61. The number of fused-ring (bicyclic) bond motifs is 1. The van der Waals surface area contributed by atoms with Crippen LogP contribution in [0.3, 0.4) is 0 Å². The minimum Gasteiger partial charge on any atom is -0.461 e. The van der Waals surface area contributed by atoms with Gasteiger partial charge in [0.05, 0.1) is 16.7 Å². The first-order valence-electron chi connectivity index (χ1n) is 7.70. The Hall–Kier alpha value is -1.36. The van der Waals surface area contributed by atoms with E-state index in [1.807, 2.05) is 32.0 Å². The van der Waals surface area contributed by atoms with Crippen molar-refractivity contribution in [2.45, 2.75) is 31.2 Å². The van der Waals surface area contributed by atoms with E-state index in [1.54, 1.807) is 0 Å². The number of carbonyl (C=O) groups is 2. The molecule has 3 aliphatic rings. The van der Waals surface area contributed by atoms with Crippen LogP contribution in [0.2, 0.25) is 0 Å². The van der Waals surface area contributed by atoms with Crippen LogP contribution in [0.15, 0.2) is 18.2 Å². The Labute approximate surface area is 137 Å². The van der Waals surface area contributed by atoms with E-state index in [0.717, 1.165) is 17.7 Å². The van der Waals surface area contributed by atoms with Crippen LogP contribution in [0.5, 0.6) is 0 Å². The molecule has 1 saturated heterocycles. The average molecular weight is 364 g/mol. The van der Waals surface area contributed by atoms with Crippen molar-refractivity contribution in [2.24, 2.45) is 23.7 Å². The molecule has 6 atom stereocenters. The van der Waals surface area contributed by atoms with E-state index in [0.29, 0.717) is 0 Å². The highest BCUT2D eigenvalue weighted by Gasteiger charge is 2.67. The molecule has 1 aromatic rings. The number of anilines is 1. The maximum absolute atomic E-state index is 12.7. The van der Waals surface area contributed by atoms with Gasteiger partial charge in [-0.15, -0.1) is 0 Å². The maximum atomic E-state index is 12.7. The molecule has 3 fully saturated rings.